The van der Waals surface area contributed by atoms with Crippen molar-refractivity contribution in [2.24, 2.45) is 0 Å². The maximum absolute atomic E-state index is 11.8. The van der Waals surface area contributed by atoms with E-state index in [0.717, 1.165) is 25.3 Å². The fourth-order valence-corrected chi connectivity index (χ4v) is 1.77. The first-order chi connectivity index (χ1) is 8.36. The van der Waals surface area contributed by atoms with Gasteiger partial charge in [0, 0.05) is 44.5 Å². The number of imidazole rings is 1. The number of ether oxygens (including phenoxy) is 1. The van der Waals surface area contributed by atoms with E-state index in [-0.39, 0.29) is 5.91 Å². The van der Waals surface area contributed by atoms with Crippen LogP contribution in [0.3, 0.4) is 0 Å². The van der Waals surface area contributed by atoms with Gasteiger partial charge in [0.05, 0.1) is 19.5 Å². The van der Waals surface area contributed by atoms with Crippen molar-refractivity contribution in [1.29, 1.82) is 0 Å². The van der Waals surface area contributed by atoms with E-state index in [2.05, 4.69) is 15.3 Å². The van der Waals surface area contributed by atoms with Crippen molar-refractivity contribution in [2.45, 2.75) is 13.0 Å². The quantitative estimate of drug-likeness (QED) is 0.694. The lowest BCUT2D eigenvalue weighted by atomic mass is 10.3. The van der Waals surface area contributed by atoms with Gasteiger partial charge < -0.3 is 19.9 Å². The summed E-state index contributed by atoms with van der Waals surface area (Å²) < 4.78 is 5.20. The molecule has 1 aliphatic rings. The molecule has 2 heterocycles. The molecule has 0 bridgehead atoms. The van der Waals surface area contributed by atoms with Crippen molar-refractivity contribution in [2.75, 3.05) is 32.8 Å². The molecule has 0 unspecified atom stereocenters. The summed E-state index contributed by atoms with van der Waals surface area (Å²) in [4.78, 5) is 20.6. The fourth-order valence-electron chi connectivity index (χ4n) is 1.77. The second kappa shape index (κ2) is 6.36. The number of H-pyrrole nitrogens is 1. The lowest BCUT2D eigenvalue weighted by Gasteiger charge is -2.26. The summed E-state index contributed by atoms with van der Waals surface area (Å²) in [5, 5.41) is 3.21. The number of nitrogens with one attached hydrogen (secondary N) is 2. The summed E-state index contributed by atoms with van der Waals surface area (Å²) in [6.07, 6.45) is 3.96. The molecule has 0 aromatic carbocycles. The van der Waals surface area contributed by atoms with E-state index in [1.807, 2.05) is 4.90 Å². The van der Waals surface area contributed by atoms with E-state index >= 15 is 0 Å². The number of morpholine rings is 1. The first-order valence-electron chi connectivity index (χ1n) is 5.90. The van der Waals surface area contributed by atoms with Crippen LogP contribution in [0.5, 0.6) is 0 Å². The number of hydrogen-bond donors (Lipinski definition) is 2. The van der Waals surface area contributed by atoms with Crippen LogP contribution in [0, 0.1) is 0 Å². The highest BCUT2D eigenvalue weighted by molar-refractivity contribution is 5.76. The summed E-state index contributed by atoms with van der Waals surface area (Å²) in [5.41, 5.74) is 1.03. The van der Waals surface area contributed by atoms with Crippen molar-refractivity contribution in [1.82, 2.24) is 20.2 Å². The molecule has 1 aliphatic heterocycles. The van der Waals surface area contributed by atoms with Crippen molar-refractivity contribution in [3.8, 4) is 0 Å². The summed E-state index contributed by atoms with van der Waals surface area (Å²) in [5.74, 6) is 0.199. The summed E-state index contributed by atoms with van der Waals surface area (Å²) in [6.45, 7) is 4.17. The molecule has 1 fully saturated rings. The first-order valence-corrected chi connectivity index (χ1v) is 5.90. The summed E-state index contributed by atoms with van der Waals surface area (Å²) >= 11 is 0. The van der Waals surface area contributed by atoms with Gasteiger partial charge in [0.2, 0.25) is 5.91 Å². The highest BCUT2D eigenvalue weighted by atomic mass is 16.5. The van der Waals surface area contributed by atoms with E-state index < -0.39 is 0 Å². The fraction of sp³-hybridized carbons (Fsp3) is 0.636. The van der Waals surface area contributed by atoms with Gasteiger partial charge in [-0.1, -0.05) is 0 Å². The zero-order valence-electron chi connectivity index (χ0n) is 9.82. The van der Waals surface area contributed by atoms with E-state index in [1.165, 1.54) is 0 Å². The van der Waals surface area contributed by atoms with Crippen molar-refractivity contribution >= 4 is 5.91 Å². The minimum atomic E-state index is 0.199. The van der Waals surface area contributed by atoms with E-state index in [9.17, 15) is 4.79 Å². The van der Waals surface area contributed by atoms with Crippen LogP contribution in [0.2, 0.25) is 0 Å². The zero-order chi connectivity index (χ0) is 11.9. The molecule has 6 heteroatoms. The van der Waals surface area contributed by atoms with Gasteiger partial charge >= 0.3 is 0 Å². The second-order valence-corrected chi connectivity index (χ2v) is 4.00. The van der Waals surface area contributed by atoms with E-state index in [4.69, 9.17) is 4.74 Å². The Bertz CT molecular complexity index is 333. The largest absolute Gasteiger partial charge is 0.378 e. The van der Waals surface area contributed by atoms with Gasteiger partial charge in [0.25, 0.3) is 0 Å². The lowest BCUT2D eigenvalue weighted by molar-refractivity contribution is -0.135. The van der Waals surface area contributed by atoms with Crippen LogP contribution < -0.4 is 5.32 Å². The van der Waals surface area contributed by atoms with Crippen LogP contribution in [0.25, 0.3) is 0 Å². The number of carbonyl (C=O) groups excluding carboxylic acids is 1. The number of carbonyl (C=O) groups is 1. The van der Waals surface area contributed by atoms with Crippen LogP contribution in [-0.4, -0.2) is 53.6 Å². The summed E-state index contributed by atoms with van der Waals surface area (Å²) in [7, 11) is 0. The van der Waals surface area contributed by atoms with Gasteiger partial charge in [-0.2, -0.15) is 0 Å². The first kappa shape index (κ1) is 12.1. The normalized spacial score (nSPS) is 16.1. The predicted octanol–water partition coefficient (Wildman–Crippen LogP) is -0.252. The monoisotopic (exact) mass is 238 g/mol. The number of amides is 1. The van der Waals surface area contributed by atoms with E-state index in [1.54, 1.807) is 12.5 Å². The maximum Gasteiger partial charge on any atom is 0.224 e. The second-order valence-electron chi connectivity index (χ2n) is 4.00. The lowest BCUT2D eigenvalue weighted by Crippen LogP contribution is -2.41. The molecule has 0 aliphatic carbocycles. The Kier molecular flexibility index (Phi) is 4.52. The molecule has 1 amide bonds. The van der Waals surface area contributed by atoms with Gasteiger partial charge in [-0.3, -0.25) is 4.79 Å². The molecule has 0 spiro atoms. The van der Waals surface area contributed by atoms with Crippen LogP contribution in [-0.2, 0) is 16.1 Å². The minimum absolute atomic E-state index is 0.199. The van der Waals surface area contributed by atoms with Crippen molar-refractivity contribution in [3.05, 3.63) is 18.2 Å². The Morgan fingerprint density at radius 1 is 1.53 bits per heavy atom. The molecule has 17 heavy (non-hydrogen) atoms. The molecule has 2 N–H and O–H groups in total. The van der Waals surface area contributed by atoms with E-state index in [0.29, 0.717) is 26.2 Å². The molecule has 6 nitrogen and oxygen atoms in total. The molecule has 2 rings (SSSR count). The Labute approximate surface area is 100 Å². The van der Waals surface area contributed by atoms with Crippen LogP contribution in [0.15, 0.2) is 12.5 Å². The molecule has 94 valence electrons. The molecule has 1 aromatic heterocycles. The number of aromatic amines is 1. The van der Waals surface area contributed by atoms with Gasteiger partial charge in [-0.25, -0.2) is 4.98 Å². The van der Waals surface area contributed by atoms with Crippen molar-refractivity contribution in [3.63, 3.8) is 0 Å². The molecular formula is C11H18N4O2. The van der Waals surface area contributed by atoms with Crippen LogP contribution >= 0.6 is 0 Å². The SMILES string of the molecule is O=C(CCNCc1cnc[nH]1)N1CCOCC1. The Morgan fingerprint density at radius 2 is 2.35 bits per heavy atom. The van der Waals surface area contributed by atoms with Crippen molar-refractivity contribution < 1.29 is 9.53 Å². The van der Waals surface area contributed by atoms with Gasteiger partial charge in [-0.05, 0) is 0 Å². The van der Waals surface area contributed by atoms with Gasteiger partial charge in [0.15, 0.2) is 0 Å². The maximum atomic E-state index is 11.8. The number of hydrogen-bond acceptors (Lipinski definition) is 4. The van der Waals surface area contributed by atoms with Gasteiger partial charge in [0.1, 0.15) is 0 Å². The third kappa shape index (κ3) is 3.83. The molecule has 1 aromatic rings. The number of rotatable bonds is 5. The smallest absolute Gasteiger partial charge is 0.224 e. The molecule has 0 radical (unpaired) electrons. The Morgan fingerprint density at radius 3 is 3.06 bits per heavy atom. The Hall–Kier alpha value is -1.40. The standard InChI is InChI=1S/C11H18N4O2/c16-11(15-3-5-17-6-4-15)1-2-12-7-10-8-13-9-14-10/h8-9,12H,1-7H2,(H,13,14). The van der Waals surface area contributed by atoms with Gasteiger partial charge in [-0.15, -0.1) is 0 Å². The average Bonchev–Trinajstić information content (AvgIpc) is 2.88. The summed E-state index contributed by atoms with van der Waals surface area (Å²) in [6, 6.07) is 0. The Balaban J connectivity index is 1.59. The average molecular weight is 238 g/mol. The predicted molar refractivity (Wildman–Crippen MR) is 62.3 cm³/mol. The molecule has 1 saturated heterocycles. The minimum Gasteiger partial charge on any atom is -0.378 e. The van der Waals surface area contributed by atoms with Crippen LogP contribution in [0.4, 0.5) is 0 Å². The third-order valence-electron chi connectivity index (χ3n) is 2.75. The highest BCUT2D eigenvalue weighted by Gasteiger charge is 2.15. The third-order valence-corrected chi connectivity index (χ3v) is 2.75. The molecular weight excluding hydrogens is 220 g/mol. The zero-order valence-corrected chi connectivity index (χ0v) is 9.82. The molecule has 0 saturated carbocycles. The van der Waals surface area contributed by atoms with Crippen LogP contribution in [0.1, 0.15) is 12.1 Å². The number of aromatic nitrogens is 2. The topological polar surface area (TPSA) is 70.2 Å². The molecule has 0 atom stereocenters. The number of nitrogens with zero attached hydrogens (tertiary/aromatic N) is 2. The highest BCUT2D eigenvalue weighted by Crippen LogP contribution is 1.99.